The van der Waals surface area contributed by atoms with Crippen molar-refractivity contribution in [3.63, 3.8) is 0 Å². The fourth-order valence-corrected chi connectivity index (χ4v) is 3.47. The van der Waals surface area contributed by atoms with Crippen molar-refractivity contribution in [2.75, 3.05) is 0 Å². The molecule has 0 fully saturated rings. The maximum Gasteiger partial charge on any atom is 0.285 e. The number of benzene rings is 3. The summed E-state index contributed by atoms with van der Waals surface area (Å²) in [5.74, 6) is 2.09. The van der Waals surface area contributed by atoms with Gasteiger partial charge in [-0.3, -0.25) is 0 Å². The molecule has 26 heavy (non-hydrogen) atoms. The highest BCUT2D eigenvalue weighted by molar-refractivity contribution is 5.84. The second-order valence-electron chi connectivity index (χ2n) is 6.89. The molecule has 0 bridgehead atoms. The highest BCUT2D eigenvalue weighted by Crippen LogP contribution is 2.26. The van der Waals surface area contributed by atoms with Gasteiger partial charge < -0.3 is 0 Å². The Morgan fingerprint density at radius 1 is 0.615 bits per heavy atom. The van der Waals surface area contributed by atoms with Crippen molar-refractivity contribution in [3.8, 4) is 22.5 Å². The Hall–Kier alpha value is -3.40. The number of aromatic amines is 4. The summed E-state index contributed by atoms with van der Waals surface area (Å²) in [4.78, 5) is 13.7. The quantitative estimate of drug-likeness (QED) is 0.483. The molecule has 0 unspecified atom stereocenters. The molecule has 0 saturated heterocycles. The molecule has 2 heterocycles. The van der Waals surface area contributed by atoms with Crippen LogP contribution in [0.25, 0.3) is 44.6 Å². The van der Waals surface area contributed by atoms with Crippen molar-refractivity contribution in [1.82, 2.24) is 9.97 Å². The maximum atomic E-state index is 3.51. The summed E-state index contributed by atoms with van der Waals surface area (Å²) < 4.78 is 0. The first-order valence-electron chi connectivity index (χ1n) is 8.80. The fraction of sp³-hybridized carbons (Fsp3) is 0.0909. The molecular weight excluding hydrogens is 320 g/mol. The van der Waals surface area contributed by atoms with Gasteiger partial charge in [0, 0.05) is 6.92 Å². The molecule has 0 aliphatic carbocycles. The zero-order valence-electron chi connectivity index (χ0n) is 14.8. The standard InChI is InChI=1S/C22H18N4/c1-13-3-5-15(6-4-13)22-25-19-10-8-17(12-21(19)26-22)16-7-9-18-20(11-16)24-14(2)23-18/h3-12H,1-2H3,(H,23,24)(H,25,26)/p+2. The Bertz CT molecular complexity index is 1240. The van der Waals surface area contributed by atoms with Gasteiger partial charge in [0.25, 0.3) is 5.82 Å². The number of H-pyrrole nitrogens is 4. The maximum absolute atomic E-state index is 3.51. The van der Waals surface area contributed by atoms with Crippen LogP contribution in [-0.2, 0) is 0 Å². The highest BCUT2D eigenvalue weighted by Gasteiger charge is 2.14. The molecule has 0 radical (unpaired) electrons. The van der Waals surface area contributed by atoms with Gasteiger partial charge in [0.05, 0.1) is 5.56 Å². The SMILES string of the molecule is Cc1ccc(-c2[nH]c3cc(-c4ccc5[nH+]c(C)[nH]c5c4)ccc3[nH+]2)cc1. The predicted molar refractivity (Wildman–Crippen MR) is 104 cm³/mol. The Balaban J connectivity index is 1.59. The third-order valence-corrected chi connectivity index (χ3v) is 4.88. The minimum atomic E-state index is 1.03. The van der Waals surface area contributed by atoms with Crippen molar-refractivity contribution >= 4 is 22.1 Å². The summed E-state index contributed by atoms with van der Waals surface area (Å²) in [7, 11) is 0. The molecule has 5 aromatic rings. The van der Waals surface area contributed by atoms with Gasteiger partial charge in [-0.2, -0.15) is 0 Å². The van der Waals surface area contributed by atoms with Crippen LogP contribution in [0.4, 0.5) is 0 Å². The molecule has 0 aliphatic rings. The minimum Gasteiger partial charge on any atom is -0.241 e. The fourth-order valence-electron chi connectivity index (χ4n) is 3.47. The van der Waals surface area contributed by atoms with E-state index in [1.165, 1.54) is 16.7 Å². The van der Waals surface area contributed by atoms with E-state index in [1.807, 2.05) is 6.92 Å². The van der Waals surface area contributed by atoms with Gasteiger partial charge in [0.1, 0.15) is 0 Å². The number of aromatic nitrogens is 4. The zero-order chi connectivity index (χ0) is 17.7. The Morgan fingerprint density at radius 2 is 1.19 bits per heavy atom. The summed E-state index contributed by atoms with van der Waals surface area (Å²) in [5.41, 5.74) is 9.27. The van der Waals surface area contributed by atoms with Crippen LogP contribution in [0.3, 0.4) is 0 Å². The number of nitrogens with one attached hydrogen (secondary N) is 4. The van der Waals surface area contributed by atoms with E-state index in [2.05, 4.69) is 87.5 Å². The number of fused-ring (bicyclic) bond motifs is 2. The molecule has 2 aromatic heterocycles. The molecule has 3 aromatic carbocycles. The van der Waals surface area contributed by atoms with Crippen molar-refractivity contribution in [2.45, 2.75) is 13.8 Å². The van der Waals surface area contributed by atoms with Gasteiger partial charge in [0.2, 0.25) is 5.82 Å². The smallest absolute Gasteiger partial charge is 0.241 e. The molecule has 0 aliphatic heterocycles. The van der Waals surface area contributed by atoms with Gasteiger partial charge >= 0.3 is 0 Å². The van der Waals surface area contributed by atoms with Crippen molar-refractivity contribution in [2.24, 2.45) is 0 Å². The first-order chi connectivity index (χ1) is 12.7. The molecule has 0 spiro atoms. The third kappa shape index (κ3) is 2.47. The molecular formula is C22H20N4+2. The lowest BCUT2D eigenvalue weighted by Crippen LogP contribution is -2.02. The van der Waals surface area contributed by atoms with Crippen LogP contribution in [0, 0.1) is 13.8 Å². The molecule has 0 amide bonds. The highest BCUT2D eigenvalue weighted by atomic mass is 14.9. The second kappa shape index (κ2) is 5.56. The van der Waals surface area contributed by atoms with Crippen molar-refractivity contribution < 1.29 is 9.97 Å². The lowest BCUT2D eigenvalue weighted by Gasteiger charge is -1.99. The van der Waals surface area contributed by atoms with E-state index in [9.17, 15) is 0 Å². The van der Waals surface area contributed by atoms with E-state index in [1.54, 1.807) is 0 Å². The average Bonchev–Trinajstić information content (AvgIpc) is 3.23. The van der Waals surface area contributed by atoms with Crippen LogP contribution >= 0.6 is 0 Å². The van der Waals surface area contributed by atoms with E-state index in [0.29, 0.717) is 0 Å². The monoisotopic (exact) mass is 340 g/mol. The molecule has 5 rings (SSSR count). The van der Waals surface area contributed by atoms with Crippen molar-refractivity contribution in [3.05, 3.63) is 72.1 Å². The normalized spacial score (nSPS) is 11.5. The Labute approximate surface area is 150 Å². The predicted octanol–water partition coefficient (Wildman–Crippen LogP) is 4.23. The van der Waals surface area contributed by atoms with Gasteiger partial charge in [-0.25, -0.2) is 19.9 Å². The van der Waals surface area contributed by atoms with Crippen LogP contribution in [0.1, 0.15) is 11.4 Å². The van der Waals surface area contributed by atoms with Crippen LogP contribution in [0.5, 0.6) is 0 Å². The van der Waals surface area contributed by atoms with E-state index in [4.69, 9.17) is 0 Å². The van der Waals surface area contributed by atoms with Crippen LogP contribution in [0.15, 0.2) is 60.7 Å². The summed E-state index contributed by atoms with van der Waals surface area (Å²) in [6, 6.07) is 21.5. The minimum absolute atomic E-state index is 1.03. The van der Waals surface area contributed by atoms with Gasteiger partial charge in [0.15, 0.2) is 22.1 Å². The van der Waals surface area contributed by atoms with E-state index >= 15 is 0 Å². The number of imidazole rings is 2. The van der Waals surface area contributed by atoms with Crippen molar-refractivity contribution in [1.29, 1.82) is 0 Å². The molecule has 0 saturated carbocycles. The molecule has 4 nitrogen and oxygen atoms in total. The summed E-state index contributed by atoms with van der Waals surface area (Å²) in [6.45, 7) is 4.14. The first-order valence-corrected chi connectivity index (χ1v) is 8.80. The topological polar surface area (TPSA) is 59.9 Å². The number of hydrogen-bond donors (Lipinski definition) is 2. The summed E-state index contributed by atoms with van der Waals surface area (Å²) >= 11 is 0. The summed E-state index contributed by atoms with van der Waals surface area (Å²) in [5, 5.41) is 0. The Kier molecular flexibility index (Phi) is 3.19. The van der Waals surface area contributed by atoms with Gasteiger partial charge in [-0.1, -0.05) is 17.7 Å². The lowest BCUT2D eigenvalue weighted by molar-refractivity contribution is -0.354. The molecule has 4 N–H and O–H groups in total. The molecule has 4 heteroatoms. The van der Waals surface area contributed by atoms with E-state index in [0.717, 1.165) is 39.3 Å². The molecule has 126 valence electrons. The number of rotatable bonds is 2. The van der Waals surface area contributed by atoms with Gasteiger partial charge in [-0.15, -0.1) is 0 Å². The second-order valence-corrected chi connectivity index (χ2v) is 6.89. The van der Waals surface area contributed by atoms with E-state index < -0.39 is 0 Å². The summed E-state index contributed by atoms with van der Waals surface area (Å²) in [6.07, 6.45) is 0. The number of aryl methyl sites for hydroxylation is 2. The van der Waals surface area contributed by atoms with Crippen LogP contribution < -0.4 is 9.97 Å². The van der Waals surface area contributed by atoms with Crippen LogP contribution in [0.2, 0.25) is 0 Å². The number of hydrogen-bond acceptors (Lipinski definition) is 0. The van der Waals surface area contributed by atoms with Crippen LogP contribution in [-0.4, -0.2) is 9.97 Å². The van der Waals surface area contributed by atoms with Gasteiger partial charge in [-0.05, 0) is 66.6 Å². The first kappa shape index (κ1) is 14.9. The average molecular weight is 340 g/mol. The zero-order valence-corrected chi connectivity index (χ0v) is 14.8. The Morgan fingerprint density at radius 3 is 1.88 bits per heavy atom. The molecule has 0 atom stereocenters. The lowest BCUT2D eigenvalue weighted by atomic mass is 10.0. The third-order valence-electron chi connectivity index (χ3n) is 4.88. The largest absolute Gasteiger partial charge is 0.285 e. The van der Waals surface area contributed by atoms with E-state index in [-0.39, 0.29) is 0 Å².